The van der Waals surface area contributed by atoms with Gasteiger partial charge < -0.3 is 10.1 Å². The van der Waals surface area contributed by atoms with Gasteiger partial charge in [-0.05, 0) is 11.6 Å². The van der Waals surface area contributed by atoms with Crippen molar-refractivity contribution in [3.05, 3.63) is 35.4 Å². The Morgan fingerprint density at radius 2 is 2.06 bits per heavy atom. The van der Waals surface area contributed by atoms with Gasteiger partial charge in [0.15, 0.2) is 0 Å². The zero-order chi connectivity index (χ0) is 13.3. The molecule has 1 N–H and O–H groups in total. The maximum atomic E-state index is 12.6. The van der Waals surface area contributed by atoms with E-state index < -0.39 is 29.5 Å². The van der Waals surface area contributed by atoms with E-state index in [1.807, 2.05) is 0 Å². The summed E-state index contributed by atoms with van der Waals surface area (Å²) >= 11 is 0. The summed E-state index contributed by atoms with van der Waals surface area (Å²) in [5.74, 6) is -1.88. The number of halogens is 3. The highest BCUT2D eigenvalue weighted by atomic mass is 19.4. The van der Waals surface area contributed by atoms with Crippen molar-refractivity contribution >= 4 is 12.2 Å². The number of alkyl halides is 3. The monoisotopic (exact) mass is 257 g/mol. The Labute approximate surface area is 101 Å². The molecule has 96 valence electrons. The van der Waals surface area contributed by atoms with Crippen LogP contribution in [0.1, 0.15) is 17.0 Å². The number of hydrogen-bond donors (Lipinski definition) is 1. The molecule has 1 aromatic carbocycles. The van der Waals surface area contributed by atoms with E-state index in [2.05, 4.69) is 5.32 Å². The summed E-state index contributed by atoms with van der Waals surface area (Å²) in [4.78, 5) is 22.1. The fraction of sp³-hybridized carbons (Fsp3) is 0.333. The standard InChI is InChI=1S/C12H10F3NO2/c13-12(14,15)8-3-1-2-7(4-8)9-5-16-11(18)10(9)6-17/h1-4,6,9-10H,5H2,(H,16,18). The lowest BCUT2D eigenvalue weighted by Gasteiger charge is -2.14. The van der Waals surface area contributed by atoms with E-state index in [-0.39, 0.29) is 6.54 Å². The molecule has 1 aromatic rings. The maximum Gasteiger partial charge on any atom is 0.416 e. The highest BCUT2D eigenvalue weighted by Crippen LogP contribution is 2.33. The molecule has 0 spiro atoms. The van der Waals surface area contributed by atoms with Crippen molar-refractivity contribution in [2.75, 3.05) is 6.54 Å². The van der Waals surface area contributed by atoms with Gasteiger partial charge in [0.05, 0.1) is 5.56 Å². The van der Waals surface area contributed by atoms with Crippen LogP contribution in [0.3, 0.4) is 0 Å². The van der Waals surface area contributed by atoms with Crippen molar-refractivity contribution in [1.82, 2.24) is 5.32 Å². The van der Waals surface area contributed by atoms with Gasteiger partial charge in [-0.1, -0.05) is 18.2 Å². The molecule has 18 heavy (non-hydrogen) atoms. The molecule has 2 unspecified atom stereocenters. The molecule has 0 bridgehead atoms. The SMILES string of the molecule is O=CC1C(=O)NCC1c1cccc(C(F)(F)F)c1. The quantitative estimate of drug-likeness (QED) is 0.648. The number of nitrogens with one attached hydrogen (secondary N) is 1. The first-order valence-corrected chi connectivity index (χ1v) is 5.33. The predicted octanol–water partition coefficient (Wildman–Crippen LogP) is 1.73. The van der Waals surface area contributed by atoms with E-state index in [4.69, 9.17) is 0 Å². The van der Waals surface area contributed by atoms with Crippen LogP contribution in [-0.4, -0.2) is 18.7 Å². The van der Waals surface area contributed by atoms with Crippen LogP contribution in [0.2, 0.25) is 0 Å². The van der Waals surface area contributed by atoms with Crippen LogP contribution in [0, 0.1) is 5.92 Å². The van der Waals surface area contributed by atoms with Gasteiger partial charge in [0.2, 0.25) is 5.91 Å². The average molecular weight is 257 g/mol. The highest BCUT2D eigenvalue weighted by molar-refractivity contribution is 5.94. The third-order valence-corrected chi connectivity index (χ3v) is 3.02. The van der Waals surface area contributed by atoms with E-state index in [9.17, 15) is 22.8 Å². The Morgan fingerprint density at radius 1 is 1.33 bits per heavy atom. The number of carbonyl (C=O) groups is 2. The van der Waals surface area contributed by atoms with E-state index in [1.54, 1.807) is 0 Å². The molecule has 1 heterocycles. The van der Waals surface area contributed by atoms with Crippen molar-refractivity contribution in [2.24, 2.45) is 5.92 Å². The number of carbonyl (C=O) groups excluding carboxylic acids is 2. The molecule has 1 fully saturated rings. The molecule has 6 heteroatoms. The van der Waals surface area contributed by atoms with Gasteiger partial charge in [-0.3, -0.25) is 4.79 Å². The van der Waals surface area contributed by atoms with Gasteiger partial charge in [-0.15, -0.1) is 0 Å². The summed E-state index contributed by atoms with van der Waals surface area (Å²) < 4.78 is 37.7. The number of aldehydes is 1. The Balaban J connectivity index is 2.34. The molecule has 0 radical (unpaired) electrons. The fourth-order valence-electron chi connectivity index (χ4n) is 2.07. The first-order chi connectivity index (χ1) is 8.43. The fourth-order valence-corrected chi connectivity index (χ4v) is 2.07. The van der Waals surface area contributed by atoms with Crippen molar-refractivity contribution in [3.8, 4) is 0 Å². The zero-order valence-electron chi connectivity index (χ0n) is 9.20. The lowest BCUT2D eigenvalue weighted by molar-refractivity contribution is -0.137. The van der Waals surface area contributed by atoms with Crippen LogP contribution in [0.15, 0.2) is 24.3 Å². The minimum atomic E-state index is -4.43. The maximum absolute atomic E-state index is 12.6. The van der Waals surface area contributed by atoms with Gasteiger partial charge in [-0.2, -0.15) is 13.2 Å². The highest BCUT2D eigenvalue weighted by Gasteiger charge is 2.37. The van der Waals surface area contributed by atoms with Gasteiger partial charge in [0.25, 0.3) is 0 Å². The van der Waals surface area contributed by atoms with E-state index in [0.29, 0.717) is 11.8 Å². The van der Waals surface area contributed by atoms with E-state index in [1.165, 1.54) is 12.1 Å². The Bertz CT molecular complexity index is 484. The average Bonchev–Trinajstić information content (AvgIpc) is 2.69. The second-order valence-electron chi connectivity index (χ2n) is 4.14. The molecular weight excluding hydrogens is 247 g/mol. The third kappa shape index (κ3) is 2.23. The van der Waals surface area contributed by atoms with E-state index >= 15 is 0 Å². The van der Waals surface area contributed by atoms with Crippen LogP contribution in [0.25, 0.3) is 0 Å². The van der Waals surface area contributed by atoms with E-state index in [0.717, 1.165) is 12.1 Å². The van der Waals surface area contributed by atoms with Gasteiger partial charge >= 0.3 is 6.18 Å². The van der Waals surface area contributed by atoms with Crippen LogP contribution in [0.5, 0.6) is 0 Å². The number of hydrogen-bond acceptors (Lipinski definition) is 2. The second-order valence-corrected chi connectivity index (χ2v) is 4.14. The van der Waals surface area contributed by atoms with Crippen LogP contribution in [0.4, 0.5) is 13.2 Å². The molecule has 1 amide bonds. The first-order valence-electron chi connectivity index (χ1n) is 5.33. The Morgan fingerprint density at radius 3 is 2.67 bits per heavy atom. The second kappa shape index (κ2) is 4.44. The Kier molecular flexibility index (Phi) is 3.11. The lowest BCUT2D eigenvalue weighted by atomic mass is 9.89. The zero-order valence-corrected chi connectivity index (χ0v) is 9.20. The van der Waals surface area contributed by atoms with Crippen molar-refractivity contribution < 1.29 is 22.8 Å². The van der Waals surface area contributed by atoms with Crippen LogP contribution >= 0.6 is 0 Å². The first kappa shape index (κ1) is 12.6. The molecule has 0 saturated carbocycles. The summed E-state index contributed by atoms with van der Waals surface area (Å²) in [6.45, 7) is 0.184. The minimum absolute atomic E-state index is 0.184. The number of benzene rings is 1. The Hall–Kier alpha value is -1.85. The summed E-state index contributed by atoms with van der Waals surface area (Å²) in [5.41, 5.74) is -0.427. The van der Waals surface area contributed by atoms with Crippen LogP contribution in [-0.2, 0) is 15.8 Å². The summed E-state index contributed by atoms with van der Waals surface area (Å²) in [7, 11) is 0. The molecule has 1 aliphatic rings. The summed E-state index contributed by atoms with van der Waals surface area (Å²) in [6.07, 6.45) is -3.95. The summed E-state index contributed by atoms with van der Waals surface area (Å²) in [5, 5.41) is 2.48. The van der Waals surface area contributed by atoms with Crippen molar-refractivity contribution in [1.29, 1.82) is 0 Å². The van der Waals surface area contributed by atoms with Gasteiger partial charge in [-0.25, -0.2) is 0 Å². The molecule has 0 aromatic heterocycles. The number of amides is 1. The van der Waals surface area contributed by atoms with Crippen molar-refractivity contribution in [2.45, 2.75) is 12.1 Å². The largest absolute Gasteiger partial charge is 0.416 e. The molecular formula is C12H10F3NO2. The molecule has 1 saturated heterocycles. The normalized spacial score (nSPS) is 23.8. The predicted molar refractivity (Wildman–Crippen MR) is 56.7 cm³/mol. The molecule has 0 aliphatic carbocycles. The molecule has 2 rings (SSSR count). The molecule has 3 nitrogen and oxygen atoms in total. The number of rotatable bonds is 2. The minimum Gasteiger partial charge on any atom is -0.355 e. The third-order valence-electron chi connectivity index (χ3n) is 3.02. The van der Waals surface area contributed by atoms with Gasteiger partial charge in [0.1, 0.15) is 12.2 Å². The smallest absolute Gasteiger partial charge is 0.355 e. The molecule has 2 atom stereocenters. The summed E-state index contributed by atoms with van der Waals surface area (Å²) in [6, 6.07) is 4.73. The topological polar surface area (TPSA) is 46.2 Å². The van der Waals surface area contributed by atoms with Crippen molar-refractivity contribution in [3.63, 3.8) is 0 Å². The molecule has 1 aliphatic heterocycles. The van der Waals surface area contributed by atoms with Gasteiger partial charge in [0, 0.05) is 12.5 Å². The van der Waals surface area contributed by atoms with Crippen LogP contribution < -0.4 is 5.32 Å². The lowest BCUT2D eigenvalue weighted by Crippen LogP contribution is -2.20.